The van der Waals surface area contributed by atoms with Crippen molar-refractivity contribution in [2.24, 2.45) is 5.92 Å². The standard InChI is InChI=1S/C7H13/c1-7-5-3-2-4-6-7/h5,7H,2-4,6H2,1H3. The van der Waals surface area contributed by atoms with Gasteiger partial charge in [0.2, 0.25) is 0 Å². The average Bonchev–Trinajstić information content (AvgIpc) is 1.69. The Balaban J connectivity index is 2.12. The van der Waals surface area contributed by atoms with Gasteiger partial charge in [0.05, 0.1) is 0 Å². The van der Waals surface area contributed by atoms with Crippen molar-refractivity contribution in [2.75, 3.05) is 0 Å². The molecule has 0 N–H and O–H groups in total. The van der Waals surface area contributed by atoms with Crippen LogP contribution in [0.25, 0.3) is 0 Å². The lowest BCUT2D eigenvalue weighted by atomic mass is 9.91. The summed E-state index contributed by atoms with van der Waals surface area (Å²) < 4.78 is 0. The first kappa shape index (κ1) is 5.14. The predicted octanol–water partition coefficient (Wildman–Crippen LogP) is 2.40. The third kappa shape index (κ3) is 1.50. The molecule has 0 aromatic carbocycles. The SMILES string of the molecule is CC1[CH]CCCC1. The lowest BCUT2D eigenvalue weighted by Crippen LogP contribution is -2.00. The van der Waals surface area contributed by atoms with Crippen LogP contribution in [0, 0.1) is 12.3 Å². The summed E-state index contributed by atoms with van der Waals surface area (Å²) in [6, 6.07) is 0. The fraction of sp³-hybridized carbons (Fsp3) is 0.857. The van der Waals surface area contributed by atoms with Crippen LogP contribution in [-0.4, -0.2) is 0 Å². The van der Waals surface area contributed by atoms with E-state index in [1.54, 1.807) is 0 Å². The van der Waals surface area contributed by atoms with Gasteiger partial charge >= 0.3 is 0 Å². The summed E-state index contributed by atoms with van der Waals surface area (Å²) in [5, 5.41) is 0. The molecule has 1 saturated carbocycles. The highest BCUT2D eigenvalue weighted by molar-refractivity contribution is 4.76. The minimum absolute atomic E-state index is 0.911. The van der Waals surface area contributed by atoms with Crippen LogP contribution in [0.4, 0.5) is 0 Å². The maximum atomic E-state index is 2.43. The first-order valence-corrected chi connectivity index (χ1v) is 3.23. The number of hydrogen-bond acceptors (Lipinski definition) is 0. The third-order valence-corrected chi connectivity index (χ3v) is 1.68. The summed E-state index contributed by atoms with van der Waals surface area (Å²) in [5.74, 6) is 0.911. The van der Waals surface area contributed by atoms with E-state index in [0.717, 1.165) is 5.92 Å². The van der Waals surface area contributed by atoms with E-state index in [2.05, 4.69) is 13.3 Å². The van der Waals surface area contributed by atoms with Crippen LogP contribution in [0.5, 0.6) is 0 Å². The molecule has 1 aliphatic rings. The monoisotopic (exact) mass is 97.1 g/mol. The first-order chi connectivity index (χ1) is 3.39. The molecule has 0 spiro atoms. The van der Waals surface area contributed by atoms with Gasteiger partial charge < -0.3 is 0 Å². The van der Waals surface area contributed by atoms with E-state index < -0.39 is 0 Å². The molecule has 0 nitrogen and oxygen atoms in total. The molecule has 0 aromatic heterocycles. The Kier molecular flexibility index (Phi) is 1.72. The highest BCUT2D eigenvalue weighted by Gasteiger charge is 2.06. The summed E-state index contributed by atoms with van der Waals surface area (Å²) in [6.07, 6.45) is 8.12. The number of rotatable bonds is 0. The van der Waals surface area contributed by atoms with Gasteiger partial charge in [-0.05, 0) is 18.8 Å². The van der Waals surface area contributed by atoms with Crippen molar-refractivity contribution in [1.82, 2.24) is 0 Å². The molecule has 1 aliphatic carbocycles. The quantitative estimate of drug-likeness (QED) is 0.435. The van der Waals surface area contributed by atoms with E-state index >= 15 is 0 Å². The van der Waals surface area contributed by atoms with Crippen LogP contribution < -0.4 is 0 Å². The van der Waals surface area contributed by atoms with Gasteiger partial charge in [-0.25, -0.2) is 0 Å². The summed E-state index contributed by atoms with van der Waals surface area (Å²) in [5.41, 5.74) is 0. The van der Waals surface area contributed by atoms with Crippen molar-refractivity contribution in [1.29, 1.82) is 0 Å². The Morgan fingerprint density at radius 3 is 2.57 bits per heavy atom. The predicted molar refractivity (Wildman–Crippen MR) is 31.9 cm³/mol. The second-order valence-corrected chi connectivity index (χ2v) is 2.50. The van der Waals surface area contributed by atoms with Crippen molar-refractivity contribution in [3.05, 3.63) is 6.42 Å². The third-order valence-electron chi connectivity index (χ3n) is 1.68. The fourth-order valence-corrected chi connectivity index (χ4v) is 1.13. The summed E-state index contributed by atoms with van der Waals surface area (Å²) in [4.78, 5) is 0. The first-order valence-electron chi connectivity index (χ1n) is 3.23. The van der Waals surface area contributed by atoms with E-state index in [9.17, 15) is 0 Å². The molecule has 41 valence electrons. The van der Waals surface area contributed by atoms with Crippen LogP contribution in [0.2, 0.25) is 0 Å². The lowest BCUT2D eigenvalue weighted by molar-refractivity contribution is 0.476. The van der Waals surface area contributed by atoms with Gasteiger partial charge in [-0.2, -0.15) is 0 Å². The average molecular weight is 97.2 g/mol. The van der Waals surface area contributed by atoms with Gasteiger partial charge in [0, 0.05) is 0 Å². The Morgan fingerprint density at radius 1 is 1.43 bits per heavy atom. The van der Waals surface area contributed by atoms with E-state index in [1.807, 2.05) is 0 Å². The molecule has 1 fully saturated rings. The maximum absolute atomic E-state index is 2.43. The van der Waals surface area contributed by atoms with Crippen molar-refractivity contribution in [2.45, 2.75) is 32.6 Å². The molecule has 0 bridgehead atoms. The molecule has 1 unspecified atom stereocenters. The van der Waals surface area contributed by atoms with Gasteiger partial charge in [0.25, 0.3) is 0 Å². The largest absolute Gasteiger partial charge is 0.0622 e. The highest BCUT2D eigenvalue weighted by atomic mass is 14.1. The van der Waals surface area contributed by atoms with Crippen molar-refractivity contribution in [3.8, 4) is 0 Å². The zero-order valence-corrected chi connectivity index (χ0v) is 4.98. The zero-order chi connectivity index (χ0) is 5.11. The van der Waals surface area contributed by atoms with Gasteiger partial charge in [0.1, 0.15) is 0 Å². The van der Waals surface area contributed by atoms with Crippen molar-refractivity contribution < 1.29 is 0 Å². The summed E-state index contributed by atoms with van der Waals surface area (Å²) in [6.45, 7) is 2.30. The number of hydrogen-bond donors (Lipinski definition) is 0. The van der Waals surface area contributed by atoms with Crippen LogP contribution in [0.15, 0.2) is 0 Å². The Bertz CT molecular complexity index is 42.0. The molecule has 1 radical (unpaired) electrons. The molecule has 1 atom stereocenters. The van der Waals surface area contributed by atoms with Crippen molar-refractivity contribution >= 4 is 0 Å². The minimum Gasteiger partial charge on any atom is -0.0622 e. The highest BCUT2D eigenvalue weighted by Crippen LogP contribution is 2.20. The van der Waals surface area contributed by atoms with Crippen LogP contribution in [0.3, 0.4) is 0 Å². The van der Waals surface area contributed by atoms with Gasteiger partial charge in [-0.3, -0.25) is 0 Å². The fourth-order valence-electron chi connectivity index (χ4n) is 1.13. The van der Waals surface area contributed by atoms with E-state index in [4.69, 9.17) is 0 Å². The van der Waals surface area contributed by atoms with Crippen LogP contribution >= 0.6 is 0 Å². The Labute approximate surface area is 45.9 Å². The normalized spacial score (nSPS) is 25.3. The smallest absolute Gasteiger partial charge is 0.0358 e. The van der Waals surface area contributed by atoms with E-state index in [0.29, 0.717) is 0 Å². The molecule has 0 heterocycles. The second kappa shape index (κ2) is 2.34. The van der Waals surface area contributed by atoms with Crippen LogP contribution in [-0.2, 0) is 0 Å². The summed E-state index contributed by atoms with van der Waals surface area (Å²) >= 11 is 0. The molecule has 0 heteroatoms. The molecular formula is C7H13. The Hall–Kier alpha value is 0. The van der Waals surface area contributed by atoms with Gasteiger partial charge in [0.15, 0.2) is 0 Å². The topological polar surface area (TPSA) is 0 Å². The molecule has 1 rings (SSSR count). The van der Waals surface area contributed by atoms with Gasteiger partial charge in [-0.15, -0.1) is 0 Å². The second-order valence-electron chi connectivity index (χ2n) is 2.50. The molecular weight excluding hydrogens is 84.1 g/mol. The lowest BCUT2D eigenvalue weighted by Gasteiger charge is -2.15. The minimum atomic E-state index is 0.911. The Morgan fingerprint density at radius 2 is 2.29 bits per heavy atom. The van der Waals surface area contributed by atoms with Crippen LogP contribution in [0.1, 0.15) is 32.6 Å². The molecule has 0 saturated heterocycles. The van der Waals surface area contributed by atoms with Gasteiger partial charge in [-0.1, -0.05) is 26.2 Å². The van der Waals surface area contributed by atoms with Crippen molar-refractivity contribution in [3.63, 3.8) is 0 Å². The van der Waals surface area contributed by atoms with E-state index in [-0.39, 0.29) is 0 Å². The molecule has 0 aromatic rings. The zero-order valence-electron chi connectivity index (χ0n) is 4.98. The maximum Gasteiger partial charge on any atom is -0.0358 e. The van der Waals surface area contributed by atoms with E-state index in [1.165, 1.54) is 25.7 Å². The molecule has 0 amide bonds. The summed E-state index contributed by atoms with van der Waals surface area (Å²) in [7, 11) is 0. The molecule has 7 heavy (non-hydrogen) atoms. The molecule has 0 aliphatic heterocycles.